The maximum atomic E-state index is 12.0. The first-order chi connectivity index (χ1) is 7.47. The van der Waals surface area contributed by atoms with Crippen LogP contribution in [0.25, 0.3) is 0 Å². The molecule has 0 aromatic carbocycles. The number of amides is 1. The molecule has 1 saturated carbocycles. The number of carbonyl (C=O) groups excluding carboxylic acids is 1. The first-order valence-electron chi connectivity index (χ1n) is 5.76. The summed E-state index contributed by atoms with van der Waals surface area (Å²) in [5, 5.41) is 0. The summed E-state index contributed by atoms with van der Waals surface area (Å²) in [6.45, 7) is 5.12. The van der Waals surface area contributed by atoms with Gasteiger partial charge in [-0.15, -0.1) is 0 Å². The maximum absolute atomic E-state index is 12.0. The van der Waals surface area contributed by atoms with Crippen molar-refractivity contribution in [1.82, 2.24) is 9.80 Å². The van der Waals surface area contributed by atoms with E-state index >= 15 is 0 Å². The Bertz CT molecular complexity index is 278. The van der Waals surface area contributed by atoms with E-state index in [0.29, 0.717) is 17.6 Å². The topological polar surface area (TPSA) is 49.6 Å². The molecule has 92 valence electrons. The summed E-state index contributed by atoms with van der Waals surface area (Å²) in [6, 6.07) is 0.447. The van der Waals surface area contributed by atoms with Crippen LogP contribution >= 0.6 is 12.2 Å². The van der Waals surface area contributed by atoms with Crippen molar-refractivity contribution in [2.45, 2.75) is 38.8 Å². The Balaban J connectivity index is 2.45. The van der Waals surface area contributed by atoms with Gasteiger partial charge in [0.2, 0.25) is 5.91 Å². The summed E-state index contributed by atoms with van der Waals surface area (Å²) >= 11 is 4.92. The lowest BCUT2D eigenvalue weighted by Gasteiger charge is -2.27. The molecule has 0 heterocycles. The highest BCUT2D eigenvalue weighted by Crippen LogP contribution is 2.26. The van der Waals surface area contributed by atoms with Gasteiger partial charge in [0.15, 0.2) is 0 Å². The van der Waals surface area contributed by atoms with Crippen LogP contribution in [-0.4, -0.2) is 52.9 Å². The maximum Gasteiger partial charge on any atom is 0.236 e. The molecule has 1 atom stereocenters. The van der Waals surface area contributed by atoms with Crippen molar-refractivity contribution in [3.8, 4) is 0 Å². The van der Waals surface area contributed by atoms with Gasteiger partial charge in [0, 0.05) is 12.6 Å². The third kappa shape index (κ3) is 3.42. The quantitative estimate of drug-likeness (QED) is 0.694. The van der Waals surface area contributed by atoms with Crippen LogP contribution < -0.4 is 5.73 Å². The minimum Gasteiger partial charge on any atom is -0.392 e. The highest BCUT2D eigenvalue weighted by molar-refractivity contribution is 7.80. The Morgan fingerprint density at radius 1 is 1.56 bits per heavy atom. The summed E-state index contributed by atoms with van der Waals surface area (Å²) in [5.74, 6) is 0.176. The van der Waals surface area contributed by atoms with Crippen molar-refractivity contribution in [2.75, 3.05) is 20.1 Å². The molecule has 1 amide bonds. The molecule has 0 saturated heterocycles. The van der Waals surface area contributed by atoms with Crippen molar-refractivity contribution < 1.29 is 4.79 Å². The average molecular weight is 243 g/mol. The van der Waals surface area contributed by atoms with Crippen LogP contribution in [0.3, 0.4) is 0 Å². The lowest BCUT2D eigenvalue weighted by atomic mass is 10.3. The number of nitrogens with zero attached hydrogens (tertiary/aromatic N) is 2. The van der Waals surface area contributed by atoms with E-state index in [-0.39, 0.29) is 11.9 Å². The zero-order chi connectivity index (χ0) is 12.3. The summed E-state index contributed by atoms with van der Waals surface area (Å²) in [5.41, 5.74) is 5.56. The van der Waals surface area contributed by atoms with Crippen LogP contribution in [-0.2, 0) is 4.79 Å². The average Bonchev–Trinajstić information content (AvgIpc) is 3.01. The summed E-state index contributed by atoms with van der Waals surface area (Å²) < 4.78 is 0. The highest BCUT2D eigenvalue weighted by atomic mass is 32.1. The van der Waals surface area contributed by atoms with Gasteiger partial charge >= 0.3 is 0 Å². The normalized spacial score (nSPS) is 17.2. The van der Waals surface area contributed by atoms with Crippen LogP contribution in [0.4, 0.5) is 0 Å². The molecule has 0 aromatic heterocycles. The van der Waals surface area contributed by atoms with E-state index in [2.05, 4.69) is 0 Å². The van der Waals surface area contributed by atoms with Crippen LogP contribution in [0.2, 0.25) is 0 Å². The van der Waals surface area contributed by atoms with Gasteiger partial charge in [-0.25, -0.2) is 0 Å². The number of hydrogen-bond donors (Lipinski definition) is 1. The van der Waals surface area contributed by atoms with Crippen LogP contribution in [0, 0.1) is 0 Å². The zero-order valence-electron chi connectivity index (χ0n) is 10.3. The molecule has 1 rings (SSSR count). The zero-order valence-corrected chi connectivity index (χ0v) is 11.1. The van der Waals surface area contributed by atoms with Gasteiger partial charge in [-0.2, -0.15) is 0 Å². The molecule has 5 heteroatoms. The number of hydrogen-bond acceptors (Lipinski definition) is 3. The first kappa shape index (κ1) is 13.4. The Hall–Kier alpha value is -0.680. The van der Waals surface area contributed by atoms with Gasteiger partial charge in [-0.3, -0.25) is 9.69 Å². The van der Waals surface area contributed by atoms with Crippen molar-refractivity contribution in [1.29, 1.82) is 0 Å². The van der Waals surface area contributed by atoms with Gasteiger partial charge in [0.05, 0.1) is 17.6 Å². The third-order valence-electron chi connectivity index (χ3n) is 3.11. The molecule has 0 aliphatic heterocycles. The number of rotatable bonds is 6. The van der Waals surface area contributed by atoms with Crippen LogP contribution in [0.15, 0.2) is 0 Å². The van der Waals surface area contributed by atoms with E-state index in [1.807, 2.05) is 30.7 Å². The van der Waals surface area contributed by atoms with E-state index in [4.69, 9.17) is 18.0 Å². The predicted octanol–water partition coefficient (Wildman–Crippen LogP) is 0.604. The fraction of sp³-hybridized carbons (Fsp3) is 0.818. The Morgan fingerprint density at radius 3 is 2.50 bits per heavy atom. The second-order valence-electron chi connectivity index (χ2n) is 4.40. The molecule has 2 N–H and O–H groups in total. The lowest BCUT2D eigenvalue weighted by Crippen LogP contribution is -2.46. The van der Waals surface area contributed by atoms with Gasteiger partial charge in [-0.05, 0) is 33.7 Å². The number of nitrogens with two attached hydrogens (primary N) is 1. The minimum atomic E-state index is -0.0307. The molecule has 0 radical (unpaired) electrons. The summed E-state index contributed by atoms with van der Waals surface area (Å²) in [4.78, 5) is 16.3. The second kappa shape index (κ2) is 5.59. The van der Waals surface area contributed by atoms with Gasteiger partial charge in [0.25, 0.3) is 0 Å². The molecule has 1 fully saturated rings. The van der Waals surface area contributed by atoms with Crippen molar-refractivity contribution in [2.24, 2.45) is 5.73 Å². The van der Waals surface area contributed by atoms with Gasteiger partial charge < -0.3 is 10.6 Å². The van der Waals surface area contributed by atoms with E-state index < -0.39 is 0 Å². The largest absolute Gasteiger partial charge is 0.392 e. The highest BCUT2D eigenvalue weighted by Gasteiger charge is 2.31. The smallest absolute Gasteiger partial charge is 0.236 e. The van der Waals surface area contributed by atoms with E-state index in [9.17, 15) is 4.79 Å². The Labute approximate surface area is 103 Å². The second-order valence-corrected chi connectivity index (χ2v) is 4.88. The van der Waals surface area contributed by atoms with Gasteiger partial charge in [-0.1, -0.05) is 12.2 Å². The van der Waals surface area contributed by atoms with Crippen molar-refractivity contribution >= 4 is 23.1 Å². The first-order valence-corrected chi connectivity index (χ1v) is 6.17. The predicted molar refractivity (Wildman–Crippen MR) is 69.3 cm³/mol. The Kier molecular flexibility index (Phi) is 4.68. The number of thiocarbonyl (C=S) groups is 1. The molecule has 1 unspecified atom stereocenters. The van der Waals surface area contributed by atoms with Gasteiger partial charge in [0.1, 0.15) is 0 Å². The van der Waals surface area contributed by atoms with Crippen LogP contribution in [0.1, 0.15) is 26.7 Å². The van der Waals surface area contributed by atoms with Crippen LogP contribution in [0.5, 0.6) is 0 Å². The van der Waals surface area contributed by atoms with E-state index in [1.54, 1.807) is 0 Å². The fourth-order valence-electron chi connectivity index (χ4n) is 1.68. The minimum absolute atomic E-state index is 0.0307. The molecular weight excluding hydrogens is 222 g/mol. The molecule has 4 nitrogen and oxygen atoms in total. The summed E-state index contributed by atoms with van der Waals surface area (Å²) in [7, 11) is 1.88. The molecule has 1 aliphatic carbocycles. The van der Waals surface area contributed by atoms with Crippen molar-refractivity contribution in [3.05, 3.63) is 0 Å². The van der Waals surface area contributed by atoms with E-state index in [1.165, 1.54) is 0 Å². The number of carbonyl (C=O) groups is 1. The lowest BCUT2D eigenvalue weighted by molar-refractivity contribution is -0.132. The molecular formula is C11H21N3OS. The standard InChI is InChI=1S/C11H21N3OS/c1-4-14(9-5-6-9)10(15)7-13(3)8(2)11(12)16/h8-9H,4-7H2,1-3H3,(H2,12,16). The summed E-state index contributed by atoms with van der Waals surface area (Å²) in [6.07, 6.45) is 2.29. The molecule has 0 aromatic rings. The molecule has 0 bridgehead atoms. The molecule has 1 aliphatic rings. The Morgan fingerprint density at radius 2 is 2.12 bits per heavy atom. The van der Waals surface area contributed by atoms with Crippen molar-refractivity contribution in [3.63, 3.8) is 0 Å². The monoisotopic (exact) mass is 243 g/mol. The third-order valence-corrected chi connectivity index (χ3v) is 3.45. The molecule has 16 heavy (non-hydrogen) atoms. The molecule has 0 spiro atoms. The number of likely N-dealkylation sites (N-methyl/N-ethyl adjacent to an activating group) is 2. The van der Waals surface area contributed by atoms with E-state index in [0.717, 1.165) is 19.4 Å². The fourth-order valence-corrected chi connectivity index (χ4v) is 1.86. The SMILES string of the molecule is CCN(C(=O)CN(C)C(C)C(N)=S)C1CC1.